The van der Waals surface area contributed by atoms with Crippen LogP contribution in [-0.2, 0) is 19.1 Å². The van der Waals surface area contributed by atoms with Crippen LogP contribution in [0.2, 0.25) is 0 Å². The van der Waals surface area contributed by atoms with E-state index in [-0.39, 0.29) is 18.7 Å². The van der Waals surface area contributed by atoms with E-state index in [4.69, 9.17) is 9.47 Å². The molecule has 2 atom stereocenters. The van der Waals surface area contributed by atoms with Gasteiger partial charge in [-0.05, 0) is 56.5 Å². The number of benzene rings is 1. The summed E-state index contributed by atoms with van der Waals surface area (Å²) in [5.41, 5.74) is 0.878. The van der Waals surface area contributed by atoms with Gasteiger partial charge in [-0.1, -0.05) is 24.8 Å². The van der Waals surface area contributed by atoms with Crippen molar-refractivity contribution in [3.63, 3.8) is 0 Å². The molecule has 1 aliphatic heterocycles. The Morgan fingerprint density at radius 1 is 1.39 bits per heavy atom. The molecule has 1 aromatic rings. The maximum absolute atomic E-state index is 13.6. The first kappa shape index (κ1) is 23.9. The summed E-state index contributed by atoms with van der Waals surface area (Å²) in [6.45, 7) is 7.36. The van der Waals surface area contributed by atoms with Crippen LogP contribution in [0, 0.1) is 11.7 Å². The van der Waals surface area contributed by atoms with Gasteiger partial charge in [0.15, 0.2) is 0 Å². The molecule has 0 spiro atoms. The van der Waals surface area contributed by atoms with Gasteiger partial charge in [0.05, 0.1) is 25.3 Å². The topological polar surface area (TPSA) is 84.9 Å². The number of ether oxygens (including phenoxy) is 2. The highest BCUT2D eigenvalue weighted by atomic mass is 19.1. The van der Waals surface area contributed by atoms with Gasteiger partial charge < -0.3 is 14.8 Å². The van der Waals surface area contributed by atoms with Crippen molar-refractivity contribution in [3.8, 4) is 0 Å². The lowest BCUT2D eigenvalue weighted by atomic mass is 9.91. The molecule has 1 aromatic carbocycles. The number of amides is 3. The zero-order chi connectivity index (χ0) is 23.0. The average Bonchev–Trinajstić information content (AvgIpc) is 3.03. The third-order valence-electron chi connectivity index (χ3n) is 4.84. The molecule has 1 heterocycles. The molecular formula is C23H27FN2O5. The Labute approximate surface area is 181 Å². The Hall–Kier alpha value is -3.42. The van der Waals surface area contributed by atoms with E-state index >= 15 is 0 Å². The minimum absolute atomic E-state index is 0.0930. The summed E-state index contributed by atoms with van der Waals surface area (Å²) in [4.78, 5) is 39.0. The quantitative estimate of drug-likeness (QED) is 0.264. The number of allylic oxidation sites excluding steroid dienone is 4. The molecule has 0 aliphatic carbocycles. The summed E-state index contributed by atoms with van der Waals surface area (Å²) in [7, 11) is 1.51. The van der Waals surface area contributed by atoms with Crippen LogP contribution in [-0.4, -0.2) is 37.7 Å². The number of methoxy groups -OCH3 is 1. The number of esters is 1. The van der Waals surface area contributed by atoms with E-state index in [2.05, 4.69) is 11.9 Å². The minimum atomic E-state index is -1.13. The number of carbonyl (C=O) groups excluding carboxylic acids is 3. The molecule has 0 bridgehead atoms. The van der Waals surface area contributed by atoms with Crippen LogP contribution < -0.4 is 10.2 Å². The summed E-state index contributed by atoms with van der Waals surface area (Å²) in [5, 5.41) is 2.55. The monoisotopic (exact) mass is 430 g/mol. The minimum Gasteiger partial charge on any atom is -0.497 e. The summed E-state index contributed by atoms with van der Waals surface area (Å²) in [6, 6.07) is 3.30. The predicted octanol–water partition coefficient (Wildman–Crippen LogP) is 3.87. The van der Waals surface area contributed by atoms with Crippen molar-refractivity contribution in [2.75, 3.05) is 18.6 Å². The zero-order valence-electron chi connectivity index (χ0n) is 17.9. The van der Waals surface area contributed by atoms with Gasteiger partial charge in [0.1, 0.15) is 17.6 Å². The molecule has 0 aromatic heterocycles. The van der Waals surface area contributed by atoms with E-state index in [9.17, 15) is 18.8 Å². The Morgan fingerprint density at radius 3 is 2.71 bits per heavy atom. The van der Waals surface area contributed by atoms with Crippen LogP contribution in [0.15, 0.2) is 60.4 Å². The molecule has 0 radical (unpaired) electrons. The van der Waals surface area contributed by atoms with Crippen LogP contribution in [0.25, 0.3) is 0 Å². The van der Waals surface area contributed by atoms with Crippen LogP contribution >= 0.6 is 0 Å². The van der Waals surface area contributed by atoms with Crippen LogP contribution in [0.5, 0.6) is 0 Å². The third kappa shape index (κ3) is 5.59. The van der Waals surface area contributed by atoms with E-state index in [0.717, 1.165) is 16.5 Å². The van der Waals surface area contributed by atoms with Crippen molar-refractivity contribution in [2.24, 2.45) is 5.92 Å². The molecule has 1 aliphatic rings. The molecule has 166 valence electrons. The lowest BCUT2D eigenvalue weighted by Gasteiger charge is -2.21. The number of halogens is 1. The van der Waals surface area contributed by atoms with Gasteiger partial charge in [0.25, 0.3) is 5.91 Å². The second kappa shape index (κ2) is 11.1. The molecule has 2 rings (SSSR count). The van der Waals surface area contributed by atoms with Crippen molar-refractivity contribution in [3.05, 3.63) is 66.2 Å². The van der Waals surface area contributed by atoms with Gasteiger partial charge in [0.2, 0.25) is 0 Å². The molecule has 1 N–H and O–H groups in total. The zero-order valence-corrected chi connectivity index (χ0v) is 17.9. The van der Waals surface area contributed by atoms with Crippen molar-refractivity contribution >= 4 is 23.6 Å². The lowest BCUT2D eigenvalue weighted by molar-refractivity contribution is -0.150. The molecule has 8 heteroatoms. The van der Waals surface area contributed by atoms with E-state index in [1.165, 1.54) is 25.3 Å². The number of anilines is 1. The summed E-state index contributed by atoms with van der Waals surface area (Å²) < 4.78 is 24.1. The van der Waals surface area contributed by atoms with Gasteiger partial charge in [-0.25, -0.2) is 14.1 Å². The number of urea groups is 1. The normalized spacial score (nSPS) is 17.9. The molecule has 2 unspecified atom stereocenters. The maximum atomic E-state index is 13.6. The molecule has 0 saturated carbocycles. The van der Waals surface area contributed by atoms with E-state index < -0.39 is 35.7 Å². The Kier molecular flexibility index (Phi) is 8.54. The second-order valence-corrected chi connectivity index (χ2v) is 6.78. The van der Waals surface area contributed by atoms with Gasteiger partial charge in [-0.3, -0.25) is 9.59 Å². The Balaban J connectivity index is 2.32. The maximum Gasteiger partial charge on any atom is 0.329 e. The fourth-order valence-electron chi connectivity index (χ4n) is 3.45. The SMILES string of the molecule is C=C/C(OC)=C(\C=C/C)CCC(C(=O)OCC)C1NC(=O)N(c2cccc(F)c2)C1=O. The number of nitrogens with zero attached hydrogens (tertiary/aromatic N) is 1. The predicted molar refractivity (Wildman–Crippen MR) is 115 cm³/mol. The van der Waals surface area contributed by atoms with Crippen molar-refractivity contribution in [2.45, 2.75) is 32.7 Å². The van der Waals surface area contributed by atoms with Crippen molar-refractivity contribution in [1.29, 1.82) is 0 Å². The molecule has 1 fully saturated rings. The first-order valence-electron chi connectivity index (χ1n) is 9.96. The fraction of sp³-hybridized carbons (Fsp3) is 0.348. The summed E-state index contributed by atoms with van der Waals surface area (Å²) in [6.07, 6.45) is 5.81. The highest BCUT2D eigenvalue weighted by Gasteiger charge is 2.46. The highest BCUT2D eigenvalue weighted by molar-refractivity contribution is 6.22. The average molecular weight is 430 g/mol. The van der Waals surface area contributed by atoms with Gasteiger partial charge in [-0.2, -0.15) is 0 Å². The lowest BCUT2D eigenvalue weighted by Crippen LogP contribution is -2.42. The van der Waals surface area contributed by atoms with Crippen molar-refractivity contribution in [1.82, 2.24) is 5.32 Å². The smallest absolute Gasteiger partial charge is 0.329 e. The Bertz CT molecular complexity index is 909. The second-order valence-electron chi connectivity index (χ2n) is 6.78. The van der Waals surface area contributed by atoms with E-state index in [0.29, 0.717) is 12.2 Å². The third-order valence-corrected chi connectivity index (χ3v) is 4.84. The highest BCUT2D eigenvalue weighted by Crippen LogP contribution is 2.28. The Morgan fingerprint density at radius 2 is 2.13 bits per heavy atom. The van der Waals surface area contributed by atoms with Crippen LogP contribution in [0.1, 0.15) is 26.7 Å². The number of imide groups is 1. The molecule has 31 heavy (non-hydrogen) atoms. The van der Waals surface area contributed by atoms with Crippen LogP contribution in [0.4, 0.5) is 14.9 Å². The first-order valence-corrected chi connectivity index (χ1v) is 9.96. The fourth-order valence-corrected chi connectivity index (χ4v) is 3.45. The number of hydrogen-bond donors (Lipinski definition) is 1. The largest absolute Gasteiger partial charge is 0.497 e. The number of rotatable bonds is 10. The standard InChI is InChI=1S/C23H27FN2O5/c1-5-9-15(19(6-2)30-4)12-13-18(22(28)31-7-3)20-21(27)26(23(29)25-20)17-11-8-10-16(24)14-17/h5-6,8-11,14,18,20H,2,7,12-13H2,1,3-4H3,(H,25,29)/b9-5-,19-15-. The van der Waals surface area contributed by atoms with Gasteiger partial charge in [-0.15, -0.1) is 0 Å². The molecular weight excluding hydrogens is 403 g/mol. The number of nitrogens with one attached hydrogen (secondary N) is 1. The molecule has 1 saturated heterocycles. The molecule has 7 nitrogen and oxygen atoms in total. The first-order chi connectivity index (χ1) is 14.9. The van der Waals surface area contributed by atoms with E-state index in [1.807, 2.05) is 19.1 Å². The number of carbonyl (C=O) groups is 3. The molecule has 3 amide bonds. The van der Waals surface area contributed by atoms with Gasteiger partial charge in [0, 0.05) is 0 Å². The van der Waals surface area contributed by atoms with Crippen molar-refractivity contribution < 1.29 is 28.2 Å². The number of hydrogen-bond acceptors (Lipinski definition) is 5. The summed E-state index contributed by atoms with van der Waals surface area (Å²) in [5.74, 6) is -2.20. The van der Waals surface area contributed by atoms with E-state index in [1.54, 1.807) is 13.0 Å². The van der Waals surface area contributed by atoms with Gasteiger partial charge >= 0.3 is 12.0 Å². The summed E-state index contributed by atoms with van der Waals surface area (Å²) >= 11 is 0. The van der Waals surface area contributed by atoms with Crippen LogP contribution in [0.3, 0.4) is 0 Å².